The van der Waals surface area contributed by atoms with Gasteiger partial charge in [-0.1, -0.05) is 25.0 Å². The number of hydrogen-bond donors (Lipinski definition) is 1. The molecule has 0 unspecified atom stereocenters. The molecule has 0 radical (unpaired) electrons. The zero-order valence-electron chi connectivity index (χ0n) is 15.8. The molecule has 6 heteroatoms. The fraction of sp³-hybridized carbons (Fsp3) is 0.381. The van der Waals surface area contributed by atoms with Crippen molar-refractivity contribution in [3.8, 4) is 17.2 Å². The van der Waals surface area contributed by atoms with Crippen molar-refractivity contribution < 1.29 is 23.4 Å². The molecule has 1 fully saturated rings. The molecule has 1 aliphatic rings. The van der Waals surface area contributed by atoms with E-state index in [9.17, 15) is 9.18 Å². The van der Waals surface area contributed by atoms with Crippen molar-refractivity contribution in [1.82, 2.24) is 0 Å². The van der Waals surface area contributed by atoms with E-state index in [2.05, 4.69) is 5.32 Å². The lowest BCUT2D eigenvalue weighted by molar-refractivity contribution is -0.121. The summed E-state index contributed by atoms with van der Waals surface area (Å²) in [5.41, 5.74) is 0.739. The highest BCUT2D eigenvalue weighted by Gasteiger charge is 2.42. The van der Waals surface area contributed by atoms with Crippen molar-refractivity contribution in [3.63, 3.8) is 0 Å². The van der Waals surface area contributed by atoms with E-state index in [0.717, 1.165) is 31.2 Å². The Morgan fingerprint density at radius 3 is 2.00 bits per heavy atom. The molecule has 27 heavy (non-hydrogen) atoms. The molecule has 144 valence electrons. The van der Waals surface area contributed by atoms with Gasteiger partial charge in [0.2, 0.25) is 11.7 Å². The van der Waals surface area contributed by atoms with Crippen LogP contribution >= 0.6 is 0 Å². The van der Waals surface area contributed by atoms with Crippen molar-refractivity contribution in [2.45, 2.75) is 31.1 Å². The Balaban J connectivity index is 1.94. The number of benzene rings is 2. The molecule has 2 aromatic rings. The Kier molecular flexibility index (Phi) is 5.54. The number of anilines is 1. The Hall–Kier alpha value is -2.76. The van der Waals surface area contributed by atoms with Crippen molar-refractivity contribution in [2.24, 2.45) is 0 Å². The molecular weight excluding hydrogens is 349 g/mol. The highest BCUT2D eigenvalue weighted by molar-refractivity contribution is 6.00. The van der Waals surface area contributed by atoms with E-state index in [-0.39, 0.29) is 11.7 Å². The van der Waals surface area contributed by atoms with E-state index in [1.165, 1.54) is 33.5 Å². The average Bonchev–Trinajstić information content (AvgIpc) is 3.18. The van der Waals surface area contributed by atoms with Crippen molar-refractivity contribution in [1.29, 1.82) is 0 Å². The minimum atomic E-state index is -0.659. The second-order valence-electron chi connectivity index (χ2n) is 6.66. The first-order valence-corrected chi connectivity index (χ1v) is 8.91. The molecule has 0 aromatic heterocycles. The molecule has 2 aromatic carbocycles. The lowest BCUT2D eigenvalue weighted by atomic mass is 9.78. The number of hydrogen-bond acceptors (Lipinski definition) is 4. The van der Waals surface area contributed by atoms with Crippen LogP contribution < -0.4 is 19.5 Å². The summed E-state index contributed by atoms with van der Waals surface area (Å²) in [6.45, 7) is 0. The topological polar surface area (TPSA) is 56.8 Å². The van der Waals surface area contributed by atoms with Crippen LogP contribution in [0.3, 0.4) is 0 Å². The Morgan fingerprint density at radius 2 is 1.52 bits per heavy atom. The first-order valence-electron chi connectivity index (χ1n) is 8.91. The van der Waals surface area contributed by atoms with Crippen molar-refractivity contribution in [3.05, 3.63) is 47.8 Å². The van der Waals surface area contributed by atoms with E-state index < -0.39 is 5.41 Å². The lowest BCUT2D eigenvalue weighted by Gasteiger charge is -2.28. The molecule has 0 spiro atoms. The lowest BCUT2D eigenvalue weighted by Crippen LogP contribution is -2.38. The minimum absolute atomic E-state index is 0.110. The van der Waals surface area contributed by atoms with Crippen molar-refractivity contribution in [2.75, 3.05) is 26.6 Å². The average molecular weight is 373 g/mol. The number of amides is 1. The number of ether oxygens (including phenoxy) is 3. The number of carbonyl (C=O) groups excluding carboxylic acids is 1. The highest BCUT2D eigenvalue weighted by Crippen LogP contribution is 2.44. The first kappa shape index (κ1) is 19.0. The van der Waals surface area contributed by atoms with Crippen LogP contribution in [0.25, 0.3) is 0 Å². The predicted molar refractivity (Wildman–Crippen MR) is 101 cm³/mol. The number of methoxy groups -OCH3 is 3. The van der Waals surface area contributed by atoms with Gasteiger partial charge in [-0.25, -0.2) is 4.39 Å². The summed E-state index contributed by atoms with van der Waals surface area (Å²) in [6, 6.07) is 9.62. The van der Waals surface area contributed by atoms with Gasteiger partial charge in [0, 0.05) is 17.8 Å². The normalized spacial score (nSPS) is 15.3. The summed E-state index contributed by atoms with van der Waals surface area (Å²) in [5.74, 6) is 0.980. The summed E-state index contributed by atoms with van der Waals surface area (Å²) in [4.78, 5) is 13.3. The molecule has 0 saturated heterocycles. The fourth-order valence-corrected chi connectivity index (χ4v) is 3.80. The molecule has 1 N–H and O–H groups in total. The molecule has 3 rings (SSSR count). The maximum absolute atomic E-state index is 13.3. The number of halogens is 1. The van der Waals surface area contributed by atoms with E-state index in [1.54, 1.807) is 24.3 Å². The molecule has 5 nitrogen and oxygen atoms in total. The maximum atomic E-state index is 13.3. The third-order valence-corrected chi connectivity index (χ3v) is 5.21. The van der Waals surface area contributed by atoms with Crippen molar-refractivity contribution >= 4 is 11.6 Å². The molecule has 1 aliphatic carbocycles. The Labute approximate surface area is 158 Å². The second-order valence-corrected chi connectivity index (χ2v) is 6.66. The summed E-state index contributed by atoms with van der Waals surface area (Å²) >= 11 is 0. The van der Waals surface area contributed by atoms with Crippen LogP contribution in [-0.4, -0.2) is 27.2 Å². The first-order chi connectivity index (χ1) is 13.0. The Morgan fingerprint density at radius 1 is 0.963 bits per heavy atom. The van der Waals surface area contributed by atoms with Crippen LogP contribution in [0.2, 0.25) is 0 Å². The van der Waals surface area contributed by atoms with Gasteiger partial charge in [0.25, 0.3) is 0 Å². The maximum Gasteiger partial charge on any atom is 0.235 e. The number of carbonyl (C=O) groups is 1. The summed E-state index contributed by atoms with van der Waals surface area (Å²) in [7, 11) is 4.58. The number of nitrogens with one attached hydrogen (secondary N) is 1. The van der Waals surface area contributed by atoms with Crippen LogP contribution in [0.15, 0.2) is 36.4 Å². The zero-order chi connectivity index (χ0) is 19.4. The van der Waals surface area contributed by atoms with Gasteiger partial charge in [0.15, 0.2) is 11.5 Å². The molecule has 0 aliphatic heterocycles. The highest BCUT2D eigenvalue weighted by atomic mass is 19.1. The third kappa shape index (κ3) is 3.56. The molecule has 1 amide bonds. The fourth-order valence-electron chi connectivity index (χ4n) is 3.80. The quantitative estimate of drug-likeness (QED) is 0.820. The Bertz CT molecular complexity index is 788. The van der Waals surface area contributed by atoms with Crippen LogP contribution in [-0.2, 0) is 10.2 Å². The van der Waals surface area contributed by atoms with Crippen LogP contribution in [0.1, 0.15) is 31.2 Å². The van der Waals surface area contributed by atoms with Gasteiger partial charge in [0.05, 0.1) is 26.7 Å². The number of rotatable bonds is 6. The van der Waals surface area contributed by atoms with Crippen LogP contribution in [0.5, 0.6) is 17.2 Å². The molecule has 0 heterocycles. The van der Waals surface area contributed by atoms with Gasteiger partial charge >= 0.3 is 0 Å². The van der Waals surface area contributed by atoms with Gasteiger partial charge in [-0.2, -0.15) is 0 Å². The van der Waals surface area contributed by atoms with Gasteiger partial charge < -0.3 is 19.5 Å². The van der Waals surface area contributed by atoms with E-state index in [4.69, 9.17) is 14.2 Å². The van der Waals surface area contributed by atoms with E-state index in [1.807, 2.05) is 0 Å². The van der Waals surface area contributed by atoms with Gasteiger partial charge in [-0.05, 0) is 30.5 Å². The predicted octanol–water partition coefficient (Wildman–Crippen LogP) is 4.30. The summed E-state index contributed by atoms with van der Waals surface area (Å²) in [6.07, 6.45) is 3.38. The third-order valence-electron chi connectivity index (χ3n) is 5.21. The SMILES string of the molecule is COc1cc(NC(=O)C2(c3ccc(F)cc3)CCCC2)cc(OC)c1OC. The second kappa shape index (κ2) is 7.86. The molecule has 0 atom stereocenters. The van der Waals surface area contributed by atoms with E-state index in [0.29, 0.717) is 22.9 Å². The summed E-state index contributed by atoms with van der Waals surface area (Å²) < 4.78 is 29.4. The van der Waals surface area contributed by atoms with Gasteiger partial charge in [-0.15, -0.1) is 0 Å². The molecule has 0 bridgehead atoms. The zero-order valence-corrected chi connectivity index (χ0v) is 15.8. The smallest absolute Gasteiger partial charge is 0.235 e. The minimum Gasteiger partial charge on any atom is -0.493 e. The van der Waals surface area contributed by atoms with Crippen LogP contribution in [0.4, 0.5) is 10.1 Å². The molecular formula is C21H24FNO4. The van der Waals surface area contributed by atoms with Crippen LogP contribution in [0, 0.1) is 5.82 Å². The largest absolute Gasteiger partial charge is 0.493 e. The van der Waals surface area contributed by atoms with Gasteiger partial charge in [-0.3, -0.25) is 4.79 Å². The van der Waals surface area contributed by atoms with E-state index >= 15 is 0 Å². The monoisotopic (exact) mass is 373 g/mol. The summed E-state index contributed by atoms with van der Waals surface area (Å²) in [5, 5.41) is 2.99. The van der Waals surface area contributed by atoms with Gasteiger partial charge in [0.1, 0.15) is 5.82 Å². The standard InChI is InChI=1S/C21H24FNO4/c1-25-17-12-16(13-18(26-2)19(17)27-3)23-20(24)21(10-4-5-11-21)14-6-8-15(22)9-7-14/h6-9,12-13H,4-5,10-11H2,1-3H3,(H,23,24). The molecule has 1 saturated carbocycles.